The Hall–Kier alpha value is -3.72. The summed E-state index contributed by atoms with van der Waals surface area (Å²) in [5.41, 5.74) is 3.89. The Morgan fingerprint density at radius 3 is 2.07 bits per heavy atom. The van der Waals surface area contributed by atoms with Crippen LogP contribution in [-0.4, -0.2) is 19.1 Å². The van der Waals surface area contributed by atoms with E-state index in [0.29, 0.717) is 0 Å². The number of anilines is 2. The molecule has 2 aliphatic heterocycles. The SMILES string of the molecule is C=CCC1(C)c2c(ccc3ccccc23)N(CCCCCC)C1/C=C1\Oc2c(ccc3ccccc23)N1CCCCCC. The molecule has 0 bridgehead atoms. The van der Waals surface area contributed by atoms with Crippen molar-refractivity contribution in [2.75, 3.05) is 22.9 Å². The molecule has 2 atom stereocenters. The number of ether oxygens (including phenoxy) is 1. The highest BCUT2D eigenvalue weighted by Crippen LogP contribution is 2.52. The molecule has 0 amide bonds. The third kappa shape index (κ3) is 5.44. The minimum absolute atomic E-state index is 0.135. The first-order valence-electron chi connectivity index (χ1n) is 16.7. The molecule has 2 aliphatic rings. The van der Waals surface area contributed by atoms with E-state index in [1.54, 1.807) is 0 Å². The Kier molecular flexibility index (Phi) is 8.79. The molecule has 3 nitrogen and oxygen atoms in total. The molecular weight excluding hydrogens is 524 g/mol. The molecule has 3 heteroatoms. The molecule has 0 saturated heterocycles. The number of fused-ring (bicyclic) bond motifs is 6. The zero-order chi connectivity index (χ0) is 29.8. The fraction of sp³-hybridized carbons (Fsp3) is 0.400. The number of allylic oxidation sites excluding steroid dienone is 1. The largest absolute Gasteiger partial charge is 0.438 e. The number of benzene rings is 4. The minimum Gasteiger partial charge on any atom is -0.438 e. The highest BCUT2D eigenvalue weighted by atomic mass is 16.5. The topological polar surface area (TPSA) is 15.7 Å². The van der Waals surface area contributed by atoms with Crippen LogP contribution in [0.15, 0.2) is 97.4 Å². The molecule has 4 aromatic carbocycles. The predicted octanol–water partition coefficient (Wildman–Crippen LogP) is 10.9. The van der Waals surface area contributed by atoms with Crippen LogP contribution >= 0.6 is 0 Å². The van der Waals surface area contributed by atoms with Gasteiger partial charge in [0.15, 0.2) is 11.6 Å². The van der Waals surface area contributed by atoms with Crippen LogP contribution in [0.2, 0.25) is 0 Å². The van der Waals surface area contributed by atoms with Crippen molar-refractivity contribution < 1.29 is 4.74 Å². The van der Waals surface area contributed by atoms with Gasteiger partial charge in [-0.2, -0.15) is 0 Å². The number of hydrogen-bond acceptors (Lipinski definition) is 3. The van der Waals surface area contributed by atoms with E-state index in [9.17, 15) is 0 Å². The summed E-state index contributed by atoms with van der Waals surface area (Å²) in [5.74, 6) is 1.99. The summed E-state index contributed by atoms with van der Waals surface area (Å²) in [6, 6.07) is 26.9. The average molecular weight is 573 g/mol. The molecule has 0 fully saturated rings. The lowest BCUT2D eigenvalue weighted by atomic mass is 9.74. The van der Waals surface area contributed by atoms with Gasteiger partial charge in [-0.15, -0.1) is 6.58 Å². The smallest absolute Gasteiger partial charge is 0.198 e. The Labute approximate surface area is 258 Å². The van der Waals surface area contributed by atoms with Gasteiger partial charge < -0.3 is 14.5 Å². The van der Waals surface area contributed by atoms with Crippen LogP contribution in [0.4, 0.5) is 11.4 Å². The van der Waals surface area contributed by atoms with E-state index in [-0.39, 0.29) is 11.5 Å². The van der Waals surface area contributed by atoms with Gasteiger partial charge in [0.05, 0.1) is 11.7 Å². The first-order valence-corrected chi connectivity index (χ1v) is 16.7. The number of hydrogen-bond donors (Lipinski definition) is 0. The summed E-state index contributed by atoms with van der Waals surface area (Å²) in [5, 5.41) is 5.08. The van der Waals surface area contributed by atoms with E-state index in [4.69, 9.17) is 4.74 Å². The second-order valence-electron chi connectivity index (χ2n) is 12.7. The third-order valence-electron chi connectivity index (χ3n) is 9.76. The zero-order valence-corrected chi connectivity index (χ0v) is 26.4. The summed E-state index contributed by atoms with van der Waals surface area (Å²) >= 11 is 0. The lowest BCUT2D eigenvalue weighted by Gasteiger charge is -2.35. The van der Waals surface area contributed by atoms with Crippen molar-refractivity contribution in [3.8, 4) is 5.75 Å². The van der Waals surface area contributed by atoms with Gasteiger partial charge >= 0.3 is 0 Å². The fourth-order valence-corrected chi connectivity index (χ4v) is 7.52. The maximum atomic E-state index is 6.94. The second kappa shape index (κ2) is 12.9. The van der Waals surface area contributed by atoms with Crippen molar-refractivity contribution in [1.82, 2.24) is 0 Å². The Morgan fingerprint density at radius 1 is 0.744 bits per heavy atom. The van der Waals surface area contributed by atoms with Gasteiger partial charge in [-0.05, 0) is 59.2 Å². The van der Waals surface area contributed by atoms with Crippen molar-refractivity contribution in [2.45, 2.75) is 90.0 Å². The first-order chi connectivity index (χ1) is 21.1. The monoisotopic (exact) mass is 572 g/mol. The summed E-state index contributed by atoms with van der Waals surface area (Å²) < 4.78 is 6.94. The maximum absolute atomic E-state index is 6.94. The van der Waals surface area contributed by atoms with Crippen molar-refractivity contribution in [3.63, 3.8) is 0 Å². The molecule has 0 radical (unpaired) electrons. The van der Waals surface area contributed by atoms with Crippen LogP contribution < -0.4 is 14.5 Å². The quantitative estimate of drug-likeness (QED) is 0.117. The molecule has 43 heavy (non-hydrogen) atoms. The zero-order valence-electron chi connectivity index (χ0n) is 26.4. The van der Waals surface area contributed by atoms with Gasteiger partial charge in [-0.1, -0.05) is 126 Å². The Bertz CT molecular complexity index is 1620. The summed E-state index contributed by atoms with van der Waals surface area (Å²) in [6.07, 6.45) is 15.4. The highest BCUT2D eigenvalue weighted by molar-refractivity contribution is 5.96. The van der Waals surface area contributed by atoms with Gasteiger partial charge in [0.2, 0.25) is 0 Å². The Balaban J connectivity index is 1.47. The van der Waals surface area contributed by atoms with Crippen LogP contribution in [0.25, 0.3) is 21.5 Å². The number of nitrogens with zero attached hydrogens (tertiary/aromatic N) is 2. The van der Waals surface area contributed by atoms with Crippen LogP contribution in [0.3, 0.4) is 0 Å². The van der Waals surface area contributed by atoms with E-state index in [1.807, 2.05) is 0 Å². The third-order valence-corrected chi connectivity index (χ3v) is 9.76. The van der Waals surface area contributed by atoms with Crippen LogP contribution in [0.1, 0.15) is 84.1 Å². The molecule has 6 rings (SSSR count). The van der Waals surface area contributed by atoms with Crippen molar-refractivity contribution >= 4 is 32.9 Å². The van der Waals surface area contributed by atoms with Gasteiger partial charge in [0, 0.05) is 29.6 Å². The lowest BCUT2D eigenvalue weighted by molar-refractivity contribution is 0.401. The van der Waals surface area contributed by atoms with Crippen molar-refractivity contribution in [2.24, 2.45) is 0 Å². The standard InChI is InChI=1S/C40H48N2O/c1-5-8-10-16-27-41-34-24-22-30-18-12-14-20-32(30)38(34)40(4,26-7-3)36(41)29-37-42(28-17-11-9-6-2)35-25-23-31-19-13-15-21-33(31)39(35)43-37/h7,12-15,18-25,29,36H,3,5-6,8-11,16-17,26-28H2,1-2,4H3/b37-29-. The van der Waals surface area contributed by atoms with Crippen molar-refractivity contribution in [3.05, 3.63) is 103 Å². The molecule has 4 aromatic rings. The minimum atomic E-state index is -0.135. The molecule has 0 N–H and O–H groups in total. The lowest BCUT2D eigenvalue weighted by Crippen LogP contribution is -2.43. The molecule has 0 saturated carbocycles. The molecule has 2 unspecified atom stereocenters. The van der Waals surface area contributed by atoms with Crippen LogP contribution in [0, 0.1) is 0 Å². The molecule has 0 aromatic heterocycles. The van der Waals surface area contributed by atoms with E-state index in [1.165, 1.54) is 83.4 Å². The summed E-state index contributed by atoms with van der Waals surface area (Å²) in [4.78, 5) is 5.15. The van der Waals surface area contributed by atoms with E-state index >= 15 is 0 Å². The normalized spacial score (nSPS) is 20.2. The highest BCUT2D eigenvalue weighted by Gasteiger charge is 2.48. The molecule has 224 valence electrons. The summed E-state index contributed by atoms with van der Waals surface area (Å²) in [6.45, 7) is 13.3. The maximum Gasteiger partial charge on any atom is 0.198 e. The Morgan fingerprint density at radius 2 is 1.37 bits per heavy atom. The van der Waals surface area contributed by atoms with E-state index in [2.05, 4.69) is 122 Å². The first kappa shape index (κ1) is 29.4. The van der Waals surface area contributed by atoms with E-state index < -0.39 is 0 Å². The van der Waals surface area contributed by atoms with Gasteiger partial charge in [-0.25, -0.2) is 0 Å². The van der Waals surface area contributed by atoms with Crippen molar-refractivity contribution in [1.29, 1.82) is 0 Å². The van der Waals surface area contributed by atoms with Crippen LogP contribution in [0.5, 0.6) is 5.75 Å². The number of rotatable bonds is 13. The van der Waals surface area contributed by atoms with Gasteiger partial charge in [-0.3, -0.25) is 0 Å². The molecule has 2 heterocycles. The van der Waals surface area contributed by atoms with E-state index in [0.717, 1.165) is 37.6 Å². The number of unbranched alkanes of at least 4 members (excludes halogenated alkanes) is 6. The molecule has 0 spiro atoms. The molecular formula is C40H48N2O. The van der Waals surface area contributed by atoms with Crippen LogP contribution in [-0.2, 0) is 5.41 Å². The fourth-order valence-electron chi connectivity index (χ4n) is 7.52. The summed E-state index contributed by atoms with van der Waals surface area (Å²) in [7, 11) is 0. The molecule has 0 aliphatic carbocycles. The second-order valence-corrected chi connectivity index (χ2v) is 12.7. The predicted molar refractivity (Wildman–Crippen MR) is 186 cm³/mol. The van der Waals surface area contributed by atoms with Gasteiger partial charge in [0.1, 0.15) is 0 Å². The average Bonchev–Trinajstić information content (AvgIpc) is 3.50. The van der Waals surface area contributed by atoms with Gasteiger partial charge in [0.25, 0.3) is 0 Å².